The molecule has 1 aromatic rings. The molecule has 1 fully saturated rings. The number of carbonyl (C=O) groups excluding carboxylic acids is 2. The Labute approximate surface area is 112 Å². The van der Waals surface area contributed by atoms with E-state index in [1.807, 2.05) is 17.0 Å². The quantitative estimate of drug-likeness (QED) is 0.668. The zero-order chi connectivity index (χ0) is 13.7. The zero-order valence-electron chi connectivity index (χ0n) is 10.7. The van der Waals surface area contributed by atoms with Crippen molar-refractivity contribution in [2.24, 2.45) is 0 Å². The Morgan fingerprint density at radius 2 is 2.21 bits per heavy atom. The first-order valence-corrected chi connectivity index (χ1v) is 6.28. The molecular formula is C13H18N4O2. The van der Waals surface area contributed by atoms with Crippen LogP contribution in [-0.2, 0) is 9.59 Å². The molecule has 6 heteroatoms. The van der Waals surface area contributed by atoms with Crippen molar-refractivity contribution in [1.29, 1.82) is 0 Å². The Balaban J connectivity index is 1.78. The van der Waals surface area contributed by atoms with Gasteiger partial charge in [0, 0.05) is 26.1 Å². The van der Waals surface area contributed by atoms with Crippen LogP contribution in [0, 0.1) is 0 Å². The van der Waals surface area contributed by atoms with Gasteiger partial charge in [0.15, 0.2) is 0 Å². The topological polar surface area (TPSA) is 87.5 Å². The maximum atomic E-state index is 11.8. The van der Waals surface area contributed by atoms with Gasteiger partial charge in [-0.15, -0.1) is 0 Å². The van der Waals surface area contributed by atoms with Crippen LogP contribution in [0.15, 0.2) is 24.3 Å². The van der Waals surface area contributed by atoms with Gasteiger partial charge >= 0.3 is 0 Å². The summed E-state index contributed by atoms with van der Waals surface area (Å²) in [6.45, 7) is 2.37. The summed E-state index contributed by atoms with van der Waals surface area (Å²) in [5.41, 5.74) is 6.93. The maximum Gasteiger partial charge on any atom is 0.234 e. The number of rotatable bonds is 4. The summed E-state index contributed by atoms with van der Waals surface area (Å²) in [6.07, 6.45) is 0.349. The number of piperazine rings is 1. The summed E-state index contributed by atoms with van der Waals surface area (Å²) in [7, 11) is 0. The number of amides is 2. The van der Waals surface area contributed by atoms with Crippen LogP contribution in [0.4, 0.5) is 11.4 Å². The van der Waals surface area contributed by atoms with E-state index in [4.69, 9.17) is 5.73 Å². The molecule has 0 aromatic heterocycles. The molecule has 6 nitrogen and oxygen atoms in total. The van der Waals surface area contributed by atoms with Crippen LogP contribution in [0.3, 0.4) is 0 Å². The molecule has 1 aliphatic heterocycles. The number of anilines is 2. The zero-order valence-corrected chi connectivity index (χ0v) is 10.7. The van der Waals surface area contributed by atoms with Crippen molar-refractivity contribution in [2.45, 2.75) is 6.42 Å². The highest BCUT2D eigenvalue weighted by molar-refractivity contribution is 5.93. The van der Waals surface area contributed by atoms with Crippen molar-refractivity contribution in [3.63, 3.8) is 0 Å². The Kier molecular flexibility index (Phi) is 4.35. The van der Waals surface area contributed by atoms with E-state index >= 15 is 0 Å². The van der Waals surface area contributed by atoms with Crippen LogP contribution in [0.1, 0.15) is 6.42 Å². The van der Waals surface area contributed by atoms with Gasteiger partial charge in [-0.25, -0.2) is 0 Å². The molecule has 0 bridgehead atoms. The normalized spacial score (nSPS) is 15.9. The molecule has 0 atom stereocenters. The molecule has 0 saturated carbocycles. The fourth-order valence-corrected chi connectivity index (χ4v) is 1.97. The lowest BCUT2D eigenvalue weighted by Crippen LogP contribution is -2.48. The molecule has 0 radical (unpaired) electrons. The van der Waals surface area contributed by atoms with Gasteiger partial charge in [0.2, 0.25) is 11.8 Å². The number of nitrogens with one attached hydrogen (secondary N) is 2. The number of nitrogens with two attached hydrogens (primary N) is 1. The van der Waals surface area contributed by atoms with Gasteiger partial charge in [0.1, 0.15) is 0 Å². The first-order valence-electron chi connectivity index (χ1n) is 6.28. The van der Waals surface area contributed by atoms with Gasteiger partial charge in [0.05, 0.1) is 17.9 Å². The molecule has 0 unspecified atom stereocenters. The third-order valence-electron chi connectivity index (χ3n) is 3.01. The maximum absolute atomic E-state index is 11.8. The number of benzene rings is 1. The lowest BCUT2D eigenvalue weighted by molar-refractivity contribution is -0.125. The van der Waals surface area contributed by atoms with E-state index in [9.17, 15) is 9.59 Å². The summed E-state index contributed by atoms with van der Waals surface area (Å²) in [5, 5.41) is 5.52. The fraction of sp³-hybridized carbons (Fsp3) is 0.385. The van der Waals surface area contributed by atoms with Crippen molar-refractivity contribution in [1.82, 2.24) is 10.2 Å². The third-order valence-corrected chi connectivity index (χ3v) is 3.01. The lowest BCUT2D eigenvalue weighted by atomic mass is 10.2. The molecule has 102 valence electrons. The average molecular weight is 262 g/mol. The number of para-hydroxylation sites is 2. The predicted molar refractivity (Wildman–Crippen MR) is 73.6 cm³/mol. The SMILES string of the molecule is Nc1ccccc1NC(=O)CCN1CCNC(=O)C1. The Morgan fingerprint density at radius 3 is 2.95 bits per heavy atom. The number of carbonyl (C=O) groups is 2. The van der Waals surface area contributed by atoms with Gasteiger partial charge < -0.3 is 16.4 Å². The standard InChI is InChI=1S/C13H18N4O2/c14-10-3-1-2-4-11(10)16-12(18)5-7-17-8-6-15-13(19)9-17/h1-4H,5-9,14H2,(H,15,19)(H,16,18). The second-order valence-corrected chi connectivity index (χ2v) is 4.51. The summed E-state index contributed by atoms with van der Waals surface area (Å²) < 4.78 is 0. The van der Waals surface area contributed by atoms with Gasteiger partial charge in [-0.2, -0.15) is 0 Å². The summed E-state index contributed by atoms with van der Waals surface area (Å²) >= 11 is 0. The van der Waals surface area contributed by atoms with Crippen molar-refractivity contribution in [3.05, 3.63) is 24.3 Å². The fourth-order valence-electron chi connectivity index (χ4n) is 1.97. The van der Waals surface area contributed by atoms with Crippen LogP contribution in [0.5, 0.6) is 0 Å². The molecule has 1 saturated heterocycles. The van der Waals surface area contributed by atoms with E-state index in [0.717, 1.165) is 6.54 Å². The second kappa shape index (κ2) is 6.19. The highest BCUT2D eigenvalue weighted by atomic mass is 16.2. The number of hydrogen-bond donors (Lipinski definition) is 3. The summed E-state index contributed by atoms with van der Waals surface area (Å²) in [6, 6.07) is 7.14. The van der Waals surface area contributed by atoms with Gasteiger partial charge in [-0.1, -0.05) is 12.1 Å². The van der Waals surface area contributed by atoms with Crippen LogP contribution >= 0.6 is 0 Å². The number of hydrogen-bond acceptors (Lipinski definition) is 4. The average Bonchev–Trinajstić information content (AvgIpc) is 2.39. The molecule has 2 rings (SSSR count). The van der Waals surface area contributed by atoms with Crippen molar-refractivity contribution < 1.29 is 9.59 Å². The second-order valence-electron chi connectivity index (χ2n) is 4.51. The first kappa shape index (κ1) is 13.4. The van der Waals surface area contributed by atoms with Crippen molar-refractivity contribution in [2.75, 3.05) is 37.2 Å². The molecule has 4 N–H and O–H groups in total. The van der Waals surface area contributed by atoms with E-state index in [1.165, 1.54) is 0 Å². The van der Waals surface area contributed by atoms with Crippen molar-refractivity contribution >= 4 is 23.2 Å². The summed E-state index contributed by atoms with van der Waals surface area (Å²) in [4.78, 5) is 24.9. The molecular weight excluding hydrogens is 244 g/mol. The minimum atomic E-state index is -0.0936. The van der Waals surface area contributed by atoms with Gasteiger partial charge in [-0.05, 0) is 12.1 Å². The van der Waals surface area contributed by atoms with E-state index < -0.39 is 0 Å². The molecule has 19 heavy (non-hydrogen) atoms. The highest BCUT2D eigenvalue weighted by Crippen LogP contribution is 2.16. The predicted octanol–water partition coefficient (Wildman–Crippen LogP) is 0.0292. The van der Waals surface area contributed by atoms with E-state index in [1.54, 1.807) is 12.1 Å². The largest absolute Gasteiger partial charge is 0.397 e. The molecule has 0 spiro atoms. The molecule has 1 aliphatic rings. The number of nitrogens with zero attached hydrogens (tertiary/aromatic N) is 1. The van der Waals surface area contributed by atoms with E-state index in [0.29, 0.717) is 37.4 Å². The summed E-state index contributed by atoms with van der Waals surface area (Å²) in [5.74, 6) is -0.0807. The number of nitrogen functional groups attached to an aromatic ring is 1. The lowest BCUT2D eigenvalue weighted by Gasteiger charge is -2.26. The van der Waals surface area contributed by atoms with Crippen LogP contribution in [-0.4, -0.2) is 42.9 Å². The Morgan fingerprint density at radius 1 is 1.42 bits per heavy atom. The minimum Gasteiger partial charge on any atom is -0.397 e. The van der Waals surface area contributed by atoms with Crippen LogP contribution < -0.4 is 16.4 Å². The van der Waals surface area contributed by atoms with Crippen LogP contribution in [0.25, 0.3) is 0 Å². The Hall–Kier alpha value is -2.08. The Bertz CT molecular complexity index is 475. The molecule has 1 aromatic carbocycles. The molecule has 2 amide bonds. The van der Waals surface area contributed by atoms with Gasteiger partial charge in [-0.3, -0.25) is 14.5 Å². The van der Waals surface area contributed by atoms with Crippen LogP contribution in [0.2, 0.25) is 0 Å². The van der Waals surface area contributed by atoms with Gasteiger partial charge in [0.25, 0.3) is 0 Å². The third kappa shape index (κ3) is 3.96. The monoisotopic (exact) mass is 262 g/mol. The molecule has 1 heterocycles. The highest BCUT2D eigenvalue weighted by Gasteiger charge is 2.16. The molecule has 0 aliphatic carbocycles. The van der Waals surface area contributed by atoms with Crippen molar-refractivity contribution in [3.8, 4) is 0 Å². The van der Waals surface area contributed by atoms with E-state index in [-0.39, 0.29) is 11.8 Å². The smallest absolute Gasteiger partial charge is 0.234 e. The minimum absolute atomic E-state index is 0.0129. The first-order chi connectivity index (χ1) is 9.15. The van der Waals surface area contributed by atoms with E-state index in [2.05, 4.69) is 10.6 Å².